The Morgan fingerprint density at radius 3 is 2.52 bits per heavy atom. The predicted octanol–water partition coefficient (Wildman–Crippen LogP) is 4.00. The molecular weight excluding hydrogens is 262 g/mol. The fourth-order valence-corrected chi connectivity index (χ4v) is 2.43. The SMILES string of the molecule is COC(=O)c1cc2c(C)cccc2nc1-c1ccccc1. The molecule has 21 heavy (non-hydrogen) atoms. The number of fused-ring (bicyclic) bond motifs is 1. The lowest BCUT2D eigenvalue weighted by Crippen LogP contribution is -2.05. The van der Waals surface area contributed by atoms with Crippen LogP contribution < -0.4 is 0 Å². The Kier molecular flexibility index (Phi) is 3.40. The van der Waals surface area contributed by atoms with E-state index in [-0.39, 0.29) is 5.97 Å². The Morgan fingerprint density at radius 1 is 1.05 bits per heavy atom. The first-order valence-electron chi connectivity index (χ1n) is 6.75. The normalized spacial score (nSPS) is 10.6. The van der Waals surface area contributed by atoms with E-state index in [0.29, 0.717) is 11.3 Å². The highest BCUT2D eigenvalue weighted by atomic mass is 16.5. The average Bonchev–Trinajstić information content (AvgIpc) is 2.54. The van der Waals surface area contributed by atoms with Crippen LogP contribution in [0, 0.1) is 6.92 Å². The summed E-state index contributed by atoms with van der Waals surface area (Å²) in [4.78, 5) is 16.8. The molecule has 0 aliphatic carbocycles. The van der Waals surface area contributed by atoms with Crippen molar-refractivity contribution in [2.45, 2.75) is 6.92 Å². The topological polar surface area (TPSA) is 39.2 Å². The first-order chi connectivity index (χ1) is 10.2. The third-order valence-electron chi connectivity index (χ3n) is 3.53. The molecule has 2 aromatic carbocycles. The van der Waals surface area contributed by atoms with Gasteiger partial charge in [0.15, 0.2) is 0 Å². The van der Waals surface area contributed by atoms with Crippen molar-refractivity contribution in [2.75, 3.05) is 7.11 Å². The smallest absolute Gasteiger partial charge is 0.340 e. The van der Waals surface area contributed by atoms with Crippen molar-refractivity contribution in [2.24, 2.45) is 0 Å². The van der Waals surface area contributed by atoms with Gasteiger partial charge in [0.05, 0.1) is 23.9 Å². The van der Waals surface area contributed by atoms with E-state index < -0.39 is 0 Å². The van der Waals surface area contributed by atoms with Crippen LogP contribution in [0.5, 0.6) is 0 Å². The third kappa shape index (κ3) is 2.38. The summed E-state index contributed by atoms with van der Waals surface area (Å²) in [5.41, 5.74) is 4.01. The van der Waals surface area contributed by atoms with Crippen molar-refractivity contribution in [3.05, 3.63) is 65.7 Å². The molecule has 0 spiro atoms. The van der Waals surface area contributed by atoms with Gasteiger partial charge in [-0.2, -0.15) is 0 Å². The molecule has 3 aromatic rings. The number of benzene rings is 2. The van der Waals surface area contributed by atoms with Crippen LogP contribution in [-0.4, -0.2) is 18.1 Å². The zero-order valence-corrected chi connectivity index (χ0v) is 12.0. The summed E-state index contributed by atoms with van der Waals surface area (Å²) in [6, 6.07) is 17.5. The zero-order chi connectivity index (χ0) is 14.8. The van der Waals surface area contributed by atoms with Gasteiger partial charge < -0.3 is 4.74 Å². The first kappa shape index (κ1) is 13.3. The highest BCUT2D eigenvalue weighted by Crippen LogP contribution is 2.27. The zero-order valence-electron chi connectivity index (χ0n) is 12.0. The monoisotopic (exact) mass is 277 g/mol. The van der Waals surface area contributed by atoms with Crippen molar-refractivity contribution >= 4 is 16.9 Å². The fraction of sp³-hybridized carbons (Fsp3) is 0.111. The van der Waals surface area contributed by atoms with Crippen LogP contribution in [0.15, 0.2) is 54.6 Å². The predicted molar refractivity (Wildman–Crippen MR) is 83.3 cm³/mol. The second-order valence-electron chi connectivity index (χ2n) is 4.88. The molecule has 104 valence electrons. The Hall–Kier alpha value is -2.68. The Morgan fingerprint density at radius 2 is 1.81 bits per heavy atom. The standard InChI is InChI=1S/C18H15NO2/c1-12-7-6-10-16-14(12)11-15(18(20)21-2)17(19-16)13-8-4-3-5-9-13/h3-11H,1-2H3. The summed E-state index contributed by atoms with van der Waals surface area (Å²) in [5.74, 6) is -0.369. The molecule has 0 aliphatic rings. The number of ether oxygens (including phenoxy) is 1. The van der Waals surface area contributed by atoms with Crippen molar-refractivity contribution in [3.63, 3.8) is 0 Å². The highest BCUT2D eigenvalue weighted by Gasteiger charge is 2.16. The van der Waals surface area contributed by atoms with Crippen LogP contribution in [0.25, 0.3) is 22.2 Å². The van der Waals surface area contributed by atoms with Gasteiger partial charge in [-0.3, -0.25) is 0 Å². The molecule has 1 heterocycles. The summed E-state index contributed by atoms with van der Waals surface area (Å²) in [7, 11) is 1.39. The van der Waals surface area contributed by atoms with Crippen molar-refractivity contribution < 1.29 is 9.53 Å². The Bertz CT molecular complexity index is 810. The Balaban J connectivity index is 2.34. The van der Waals surface area contributed by atoms with E-state index in [1.165, 1.54) is 7.11 Å². The molecule has 3 nitrogen and oxygen atoms in total. The molecule has 0 saturated heterocycles. The Labute approximate surface area is 123 Å². The molecular formula is C18H15NO2. The molecule has 3 heteroatoms. The maximum absolute atomic E-state index is 12.1. The summed E-state index contributed by atoms with van der Waals surface area (Å²) in [5, 5.41) is 0.970. The number of methoxy groups -OCH3 is 1. The summed E-state index contributed by atoms with van der Waals surface area (Å²) < 4.78 is 4.91. The van der Waals surface area contributed by atoms with Crippen LogP contribution >= 0.6 is 0 Å². The highest BCUT2D eigenvalue weighted by molar-refractivity contribution is 6.00. The van der Waals surface area contributed by atoms with Gasteiger partial charge in [-0.25, -0.2) is 9.78 Å². The lowest BCUT2D eigenvalue weighted by atomic mass is 10.0. The minimum absolute atomic E-state index is 0.369. The van der Waals surface area contributed by atoms with Gasteiger partial charge in [-0.1, -0.05) is 42.5 Å². The van der Waals surface area contributed by atoms with Crippen LogP contribution in [0.3, 0.4) is 0 Å². The average molecular weight is 277 g/mol. The lowest BCUT2D eigenvalue weighted by molar-refractivity contribution is 0.0601. The van der Waals surface area contributed by atoms with Gasteiger partial charge in [-0.15, -0.1) is 0 Å². The number of nitrogens with zero attached hydrogens (tertiary/aromatic N) is 1. The minimum atomic E-state index is -0.369. The second kappa shape index (κ2) is 5.37. The third-order valence-corrected chi connectivity index (χ3v) is 3.53. The molecule has 0 N–H and O–H groups in total. The number of rotatable bonds is 2. The second-order valence-corrected chi connectivity index (χ2v) is 4.88. The molecule has 0 bridgehead atoms. The van der Waals surface area contributed by atoms with Gasteiger partial charge in [0.2, 0.25) is 0 Å². The lowest BCUT2D eigenvalue weighted by Gasteiger charge is -2.10. The molecule has 0 aliphatic heterocycles. The number of esters is 1. The van der Waals surface area contributed by atoms with E-state index >= 15 is 0 Å². The summed E-state index contributed by atoms with van der Waals surface area (Å²) in [6.07, 6.45) is 0. The maximum Gasteiger partial charge on any atom is 0.340 e. The fourth-order valence-electron chi connectivity index (χ4n) is 2.43. The molecule has 1 aromatic heterocycles. The number of carbonyl (C=O) groups excluding carboxylic acids is 1. The number of hydrogen-bond donors (Lipinski definition) is 0. The maximum atomic E-state index is 12.1. The van der Waals surface area contributed by atoms with E-state index in [1.54, 1.807) is 0 Å². The van der Waals surface area contributed by atoms with Crippen LogP contribution in [-0.2, 0) is 4.74 Å². The van der Waals surface area contributed by atoms with Crippen LogP contribution in [0.4, 0.5) is 0 Å². The van der Waals surface area contributed by atoms with Gasteiger partial charge >= 0.3 is 5.97 Å². The number of aromatic nitrogens is 1. The minimum Gasteiger partial charge on any atom is -0.465 e. The molecule has 0 unspecified atom stereocenters. The van der Waals surface area contributed by atoms with Gasteiger partial charge in [0, 0.05) is 10.9 Å². The van der Waals surface area contributed by atoms with Crippen molar-refractivity contribution in [1.29, 1.82) is 0 Å². The number of pyridine rings is 1. The first-order valence-corrected chi connectivity index (χ1v) is 6.75. The summed E-state index contributed by atoms with van der Waals surface area (Å²) in [6.45, 7) is 2.01. The van der Waals surface area contributed by atoms with Crippen LogP contribution in [0.1, 0.15) is 15.9 Å². The number of carbonyl (C=O) groups is 1. The van der Waals surface area contributed by atoms with Crippen molar-refractivity contribution in [1.82, 2.24) is 4.98 Å². The van der Waals surface area contributed by atoms with E-state index in [0.717, 1.165) is 22.0 Å². The van der Waals surface area contributed by atoms with E-state index in [9.17, 15) is 4.79 Å². The molecule has 0 fully saturated rings. The van der Waals surface area contributed by atoms with E-state index in [2.05, 4.69) is 4.98 Å². The van der Waals surface area contributed by atoms with E-state index in [4.69, 9.17) is 4.74 Å². The van der Waals surface area contributed by atoms with E-state index in [1.807, 2.05) is 61.5 Å². The largest absolute Gasteiger partial charge is 0.465 e. The molecule has 0 amide bonds. The molecule has 3 rings (SSSR count). The molecule has 0 saturated carbocycles. The molecule has 0 radical (unpaired) electrons. The van der Waals surface area contributed by atoms with Crippen LogP contribution in [0.2, 0.25) is 0 Å². The molecule has 0 atom stereocenters. The number of aryl methyl sites for hydroxylation is 1. The van der Waals surface area contributed by atoms with Gasteiger partial charge in [0.1, 0.15) is 0 Å². The number of hydrogen-bond acceptors (Lipinski definition) is 3. The van der Waals surface area contributed by atoms with Crippen molar-refractivity contribution in [3.8, 4) is 11.3 Å². The summed E-state index contributed by atoms with van der Waals surface area (Å²) >= 11 is 0. The van der Waals surface area contributed by atoms with Gasteiger partial charge in [0.25, 0.3) is 0 Å². The quantitative estimate of drug-likeness (QED) is 0.665. The van der Waals surface area contributed by atoms with Gasteiger partial charge in [-0.05, 0) is 24.6 Å².